The zero-order valence-corrected chi connectivity index (χ0v) is 11.2. The van der Waals surface area contributed by atoms with E-state index in [4.69, 9.17) is 4.74 Å². The molecule has 1 heterocycles. The molecule has 0 atom stereocenters. The standard InChI is InChI=1S/C14H23NO2/c1-5-6-7-12-8-10-15(11-9-12)13(16)17-14(2,3)4/h6,12H,1,7-11H2,2-4H3. The van der Waals surface area contributed by atoms with E-state index in [0.717, 1.165) is 32.4 Å². The molecule has 0 aromatic carbocycles. The maximum atomic E-state index is 11.8. The molecule has 1 saturated heterocycles. The zero-order chi connectivity index (χ0) is 12.9. The molecule has 0 N–H and O–H groups in total. The molecule has 0 radical (unpaired) electrons. The fourth-order valence-electron chi connectivity index (χ4n) is 1.93. The van der Waals surface area contributed by atoms with E-state index in [-0.39, 0.29) is 6.09 Å². The second kappa shape index (κ2) is 5.92. The van der Waals surface area contributed by atoms with Crippen LogP contribution in [0.2, 0.25) is 0 Å². The van der Waals surface area contributed by atoms with Crippen LogP contribution in [0.15, 0.2) is 18.4 Å². The van der Waals surface area contributed by atoms with Gasteiger partial charge in [0.05, 0.1) is 0 Å². The first kappa shape index (κ1) is 13.9. The molecule has 0 unspecified atom stereocenters. The summed E-state index contributed by atoms with van der Waals surface area (Å²) in [5.74, 6) is 0.655. The van der Waals surface area contributed by atoms with Gasteiger partial charge in [-0.2, -0.15) is 0 Å². The zero-order valence-electron chi connectivity index (χ0n) is 11.2. The van der Waals surface area contributed by atoms with E-state index in [1.165, 1.54) is 0 Å². The molecule has 0 aromatic rings. The summed E-state index contributed by atoms with van der Waals surface area (Å²) >= 11 is 0. The number of allylic oxidation sites excluding steroid dienone is 1. The lowest BCUT2D eigenvalue weighted by atomic mass is 9.94. The molecule has 1 rings (SSSR count). The molecule has 0 aliphatic carbocycles. The monoisotopic (exact) mass is 237 g/mol. The van der Waals surface area contributed by atoms with Gasteiger partial charge in [0.2, 0.25) is 0 Å². The third-order valence-corrected chi connectivity index (χ3v) is 2.86. The largest absolute Gasteiger partial charge is 0.444 e. The molecule has 0 bridgehead atoms. The van der Waals surface area contributed by atoms with Gasteiger partial charge in [-0.05, 0) is 52.0 Å². The molecule has 0 aromatic heterocycles. The van der Waals surface area contributed by atoms with Crippen molar-refractivity contribution in [2.75, 3.05) is 13.1 Å². The fourth-order valence-corrected chi connectivity index (χ4v) is 1.93. The summed E-state index contributed by atoms with van der Waals surface area (Å²) in [4.78, 5) is 13.6. The van der Waals surface area contributed by atoms with Crippen LogP contribution in [0.25, 0.3) is 0 Å². The van der Waals surface area contributed by atoms with Crippen molar-refractivity contribution in [2.45, 2.75) is 45.6 Å². The highest BCUT2D eigenvalue weighted by atomic mass is 16.6. The summed E-state index contributed by atoms with van der Waals surface area (Å²) in [5.41, 5.74) is 2.40. The Labute approximate surface area is 104 Å². The molecule has 1 fully saturated rings. The molecule has 96 valence electrons. The minimum absolute atomic E-state index is 0.185. The van der Waals surface area contributed by atoms with Gasteiger partial charge in [-0.1, -0.05) is 6.58 Å². The first-order chi connectivity index (χ1) is 7.92. The van der Waals surface area contributed by atoms with Crippen LogP contribution in [0.5, 0.6) is 0 Å². The minimum atomic E-state index is -0.403. The highest BCUT2D eigenvalue weighted by Crippen LogP contribution is 2.22. The van der Waals surface area contributed by atoms with Crippen molar-refractivity contribution < 1.29 is 9.53 Å². The average Bonchev–Trinajstić information content (AvgIpc) is 2.24. The Hall–Kier alpha value is -1.21. The van der Waals surface area contributed by atoms with Crippen LogP contribution in [0.1, 0.15) is 40.0 Å². The number of amides is 1. The van der Waals surface area contributed by atoms with E-state index in [0.29, 0.717) is 5.92 Å². The number of likely N-dealkylation sites (tertiary alicyclic amines) is 1. The molecule has 3 heteroatoms. The number of hydrogen-bond acceptors (Lipinski definition) is 2. The Morgan fingerprint density at radius 3 is 2.53 bits per heavy atom. The van der Waals surface area contributed by atoms with Gasteiger partial charge < -0.3 is 9.64 Å². The van der Waals surface area contributed by atoms with Crippen molar-refractivity contribution >= 4 is 6.09 Å². The Morgan fingerprint density at radius 2 is 2.06 bits per heavy atom. The molecule has 3 nitrogen and oxygen atoms in total. The highest BCUT2D eigenvalue weighted by molar-refractivity contribution is 5.68. The van der Waals surface area contributed by atoms with Crippen LogP contribution in [-0.4, -0.2) is 29.7 Å². The second-order valence-electron chi connectivity index (χ2n) is 5.55. The molecule has 17 heavy (non-hydrogen) atoms. The molecule has 1 aliphatic heterocycles. The summed E-state index contributed by atoms with van der Waals surface area (Å²) in [7, 11) is 0. The number of ether oxygens (including phenoxy) is 1. The van der Waals surface area contributed by atoms with E-state index < -0.39 is 5.60 Å². The topological polar surface area (TPSA) is 29.5 Å². The van der Waals surface area contributed by atoms with Gasteiger partial charge in [-0.3, -0.25) is 0 Å². The minimum Gasteiger partial charge on any atom is -0.444 e. The summed E-state index contributed by atoms with van der Waals surface area (Å²) < 4.78 is 5.35. The smallest absolute Gasteiger partial charge is 0.410 e. The molecule has 0 spiro atoms. The number of piperidine rings is 1. The van der Waals surface area contributed by atoms with Crippen LogP contribution in [-0.2, 0) is 4.74 Å². The second-order valence-corrected chi connectivity index (χ2v) is 5.55. The number of carbonyl (C=O) groups is 1. The van der Waals surface area contributed by atoms with Gasteiger partial charge in [-0.25, -0.2) is 4.79 Å². The molecular formula is C14H23NO2. The molecule has 0 saturated carbocycles. The van der Waals surface area contributed by atoms with Crippen molar-refractivity contribution in [1.29, 1.82) is 0 Å². The first-order valence-corrected chi connectivity index (χ1v) is 6.24. The normalized spacial score (nSPS) is 17.5. The summed E-state index contributed by atoms with van der Waals surface area (Å²) in [6.07, 6.45) is 4.89. The Balaban J connectivity index is 2.36. The Bertz CT molecular complexity index is 303. The maximum absolute atomic E-state index is 11.8. The predicted octanol–water partition coefficient (Wildman–Crippen LogP) is 3.36. The quantitative estimate of drug-likeness (QED) is 0.689. The van der Waals surface area contributed by atoms with E-state index in [1.807, 2.05) is 26.8 Å². The average molecular weight is 237 g/mol. The maximum Gasteiger partial charge on any atom is 0.410 e. The number of hydrogen-bond donors (Lipinski definition) is 0. The van der Waals surface area contributed by atoms with Gasteiger partial charge in [0, 0.05) is 13.1 Å². The van der Waals surface area contributed by atoms with Crippen molar-refractivity contribution in [3.63, 3.8) is 0 Å². The molecule has 1 aliphatic rings. The summed E-state index contributed by atoms with van der Waals surface area (Å²) in [5, 5.41) is 0. The lowest BCUT2D eigenvalue weighted by Crippen LogP contribution is -2.41. The van der Waals surface area contributed by atoms with E-state index in [2.05, 4.69) is 12.3 Å². The Kier molecular flexibility index (Phi) is 4.83. The summed E-state index contributed by atoms with van der Waals surface area (Å²) in [6, 6.07) is 0. The third-order valence-electron chi connectivity index (χ3n) is 2.86. The van der Waals surface area contributed by atoms with Crippen molar-refractivity contribution in [1.82, 2.24) is 4.90 Å². The lowest BCUT2D eigenvalue weighted by molar-refractivity contribution is 0.0185. The van der Waals surface area contributed by atoms with Crippen LogP contribution < -0.4 is 0 Å². The highest BCUT2D eigenvalue weighted by Gasteiger charge is 2.26. The first-order valence-electron chi connectivity index (χ1n) is 6.24. The van der Waals surface area contributed by atoms with Crippen molar-refractivity contribution in [3.8, 4) is 0 Å². The number of rotatable bonds is 2. The van der Waals surface area contributed by atoms with Crippen LogP contribution in [0, 0.1) is 5.92 Å². The SMILES string of the molecule is C=C=CCC1CCN(C(=O)OC(C)(C)C)CC1. The molecule has 1 amide bonds. The lowest BCUT2D eigenvalue weighted by Gasteiger charge is -2.33. The van der Waals surface area contributed by atoms with E-state index in [9.17, 15) is 4.79 Å². The predicted molar refractivity (Wildman–Crippen MR) is 68.9 cm³/mol. The summed E-state index contributed by atoms with van der Waals surface area (Å²) in [6.45, 7) is 10.8. The van der Waals surface area contributed by atoms with Crippen molar-refractivity contribution in [3.05, 3.63) is 18.4 Å². The van der Waals surface area contributed by atoms with Gasteiger partial charge in [-0.15, -0.1) is 5.73 Å². The third kappa shape index (κ3) is 5.10. The van der Waals surface area contributed by atoms with Gasteiger partial charge >= 0.3 is 6.09 Å². The van der Waals surface area contributed by atoms with E-state index in [1.54, 1.807) is 4.90 Å². The fraction of sp³-hybridized carbons (Fsp3) is 0.714. The van der Waals surface area contributed by atoms with Gasteiger partial charge in [0.1, 0.15) is 5.60 Å². The van der Waals surface area contributed by atoms with Crippen molar-refractivity contribution in [2.24, 2.45) is 5.92 Å². The molecular weight excluding hydrogens is 214 g/mol. The van der Waals surface area contributed by atoms with E-state index >= 15 is 0 Å². The number of carbonyl (C=O) groups excluding carboxylic acids is 1. The van der Waals surface area contributed by atoms with Crippen LogP contribution in [0.4, 0.5) is 4.79 Å². The van der Waals surface area contributed by atoms with Crippen LogP contribution in [0.3, 0.4) is 0 Å². The van der Waals surface area contributed by atoms with Gasteiger partial charge in [0.25, 0.3) is 0 Å². The Morgan fingerprint density at radius 1 is 1.47 bits per heavy atom. The van der Waals surface area contributed by atoms with Gasteiger partial charge in [0.15, 0.2) is 0 Å². The van der Waals surface area contributed by atoms with Crippen LogP contribution >= 0.6 is 0 Å². The number of nitrogens with zero attached hydrogens (tertiary/aromatic N) is 1.